The van der Waals surface area contributed by atoms with E-state index in [1.165, 1.54) is 18.2 Å². The summed E-state index contributed by atoms with van der Waals surface area (Å²) >= 11 is 0. The van der Waals surface area contributed by atoms with Crippen molar-refractivity contribution in [2.45, 2.75) is 44.8 Å². The Morgan fingerprint density at radius 2 is 2.04 bits per heavy atom. The number of likely N-dealkylation sites (tertiary alicyclic amines) is 1. The fraction of sp³-hybridized carbons (Fsp3) is 0.611. The Balaban J connectivity index is 1.89. The molecule has 1 aromatic rings. The maximum Gasteiger partial charge on any atom is 0.223 e. The zero-order chi connectivity index (χ0) is 17.7. The molecule has 4 nitrogen and oxygen atoms in total. The van der Waals surface area contributed by atoms with Gasteiger partial charge < -0.3 is 10.2 Å². The number of rotatable bonds is 6. The number of amides is 1. The third-order valence-corrected chi connectivity index (χ3v) is 4.45. The predicted octanol–water partition coefficient (Wildman–Crippen LogP) is 2.39. The number of carbonyl (C=O) groups excluding carboxylic acids is 1. The molecule has 0 aliphatic carbocycles. The molecule has 0 bridgehead atoms. The van der Waals surface area contributed by atoms with E-state index in [0.717, 1.165) is 25.9 Å². The summed E-state index contributed by atoms with van der Waals surface area (Å²) in [6.45, 7) is 3.84. The SMILES string of the molecule is C[C@H](CC(=O)N(C)C)N[C@H]1CCCN(Cc2c(F)cccc2F)C1. The molecule has 6 heteroatoms. The molecule has 2 atom stereocenters. The lowest BCUT2D eigenvalue weighted by molar-refractivity contribution is -0.129. The van der Waals surface area contributed by atoms with Crippen LogP contribution in [0.3, 0.4) is 0 Å². The molecule has 134 valence electrons. The second-order valence-electron chi connectivity index (χ2n) is 6.83. The van der Waals surface area contributed by atoms with E-state index in [-0.39, 0.29) is 30.1 Å². The smallest absolute Gasteiger partial charge is 0.223 e. The van der Waals surface area contributed by atoms with E-state index >= 15 is 0 Å². The van der Waals surface area contributed by atoms with Crippen LogP contribution < -0.4 is 5.32 Å². The predicted molar refractivity (Wildman–Crippen MR) is 90.6 cm³/mol. The number of benzene rings is 1. The van der Waals surface area contributed by atoms with E-state index in [4.69, 9.17) is 0 Å². The molecule has 1 N–H and O–H groups in total. The van der Waals surface area contributed by atoms with Gasteiger partial charge in [-0.2, -0.15) is 0 Å². The minimum absolute atomic E-state index is 0.0787. The standard InChI is InChI=1S/C18H27F2N3O/c1-13(10-18(24)22(2)3)21-14-6-5-9-23(11-14)12-15-16(19)7-4-8-17(15)20/h4,7-8,13-14,21H,5-6,9-12H2,1-3H3/t13-,14+/m1/s1. The highest BCUT2D eigenvalue weighted by Gasteiger charge is 2.23. The van der Waals surface area contributed by atoms with Crippen LogP contribution in [-0.2, 0) is 11.3 Å². The van der Waals surface area contributed by atoms with Crippen molar-refractivity contribution >= 4 is 5.91 Å². The zero-order valence-corrected chi connectivity index (χ0v) is 14.7. The first-order chi connectivity index (χ1) is 11.4. The van der Waals surface area contributed by atoms with Crippen LogP contribution in [0.1, 0.15) is 31.7 Å². The fourth-order valence-electron chi connectivity index (χ4n) is 3.15. The highest BCUT2D eigenvalue weighted by Crippen LogP contribution is 2.18. The minimum atomic E-state index is -0.491. The Labute approximate surface area is 142 Å². The Kier molecular flexibility index (Phi) is 6.69. The average Bonchev–Trinajstić information content (AvgIpc) is 2.51. The molecule has 0 saturated carbocycles. The Bertz CT molecular complexity index is 545. The van der Waals surface area contributed by atoms with Crippen molar-refractivity contribution in [3.63, 3.8) is 0 Å². The Morgan fingerprint density at radius 1 is 1.38 bits per heavy atom. The molecule has 1 aliphatic rings. The molecule has 1 aliphatic heterocycles. The lowest BCUT2D eigenvalue weighted by atomic mass is 10.0. The number of nitrogens with zero attached hydrogens (tertiary/aromatic N) is 2. The molecule has 1 fully saturated rings. The zero-order valence-electron chi connectivity index (χ0n) is 14.7. The number of halogens is 2. The van der Waals surface area contributed by atoms with Crippen LogP contribution in [0.25, 0.3) is 0 Å². The summed E-state index contributed by atoms with van der Waals surface area (Å²) in [6.07, 6.45) is 2.43. The molecule has 1 heterocycles. The molecule has 0 spiro atoms. The number of piperidine rings is 1. The number of hydrogen-bond acceptors (Lipinski definition) is 3. The number of hydrogen-bond donors (Lipinski definition) is 1. The van der Waals surface area contributed by atoms with Gasteiger partial charge >= 0.3 is 0 Å². The molecule has 1 amide bonds. The van der Waals surface area contributed by atoms with Crippen molar-refractivity contribution in [1.82, 2.24) is 15.1 Å². The largest absolute Gasteiger partial charge is 0.349 e. The van der Waals surface area contributed by atoms with Crippen LogP contribution in [0.5, 0.6) is 0 Å². The van der Waals surface area contributed by atoms with Crippen LogP contribution in [0.15, 0.2) is 18.2 Å². The van der Waals surface area contributed by atoms with Gasteiger partial charge in [0.05, 0.1) is 0 Å². The molecule has 1 saturated heterocycles. The van der Waals surface area contributed by atoms with Crippen LogP contribution >= 0.6 is 0 Å². The third-order valence-electron chi connectivity index (χ3n) is 4.45. The summed E-state index contributed by atoms with van der Waals surface area (Å²) in [7, 11) is 3.50. The van der Waals surface area contributed by atoms with Crippen molar-refractivity contribution < 1.29 is 13.6 Å². The van der Waals surface area contributed by atoms with Crippen molar-refractivity contribution in [2.75, 3.05) is 27.2 Å². The van der Waals surface area contributed by atoms with Gasteiger partial charge in [0.15, 0.2) is 0 Å². The molecule has 1 aromatic carbocycles. The second kappa shape index (κ2) is 8.53. The van der Waals surface area contributed by atoms with Gasteiger partial charge in [0, 0.05) is 51.3 Å². The van der Waals surface area contributed by atoms with Crippen molar-refractivity contribution in [3.05, 3.63) is 35.4 Å². The van der Waals surface area contributed by atoms with Gasteiger partial charge in [-0.05, 0) is 38.4 Å². The minimum Gasteiger partial charge on any atom is -0.349 e. The Morgan fingerprint density at radius 3 is 2.67 bits per heavy atom. The van der Waals surface area contributed by atoms with Gasteiger partial charge in [-0.3, -0.25) is 9.69 Å². The Hall–Kier alpha value is -1.53. The monoisotopic (exact) mass is 339 g/mol. The van der Waals surface area contributed by atoms with E-state index in [0.29, 0.717) is 6.42 Å². The normalized spacial score (nSPS) is 20.0. The number of carbonyl (C=O) groups is 1. The van der Waals surface area contributed by atoms with E-state index in [2.05, 4.69) is 10.2 Å². The summed E-state index contributed by atoms with van der Waals surface area (Å²) < 4.78 is 27.6. The maximum atomic E-state index is 13.8. The summed E-state index contributed by atoms with van der Waals surface area (Å²) in [6, 6.07) is 4.30. The van der Waals surface area contributed by atoms with Gasteiger partial charge in [-0.25, -0.2) is 8.78 Å². The molecular weight excluding hydrogens is 312 g/mol. The van der Waals surface area contributed by atoms with Crippen LogP contribution in [0.4, 0.5) is 8.78 Å². The molecule has 2 rings (SSSR count). The van der Waals surface area contributed by atoms with Crippen LogP contribution in [0, 0.1) is 11.6 Å². The van der Waals surface area contributed by atoms with E-state index in [1.807, 2.05) is 6.92 Å². The summed E-state index contributed by atoms with van der Waals surface area (Å²) in [5, 5.41) is 3.47. The van der Waals surface area contributed by atoms with Crippen molar-refractivity contribution in [1.29, 1.82) is 0 Å². The van der Waals surface area contributed by atoms with E-state index in [1.54, 1.807) is 19.0 Å². The van der Waals surface area contributed by atoms with Crippen molar-refractivity contribution in [3.8, 4) is 0 Å². The summed E-state index contributed by atoms with van der Waals surface area (Å²) in [5.74, 6) is -0.888. The van der Waals surface area contributed by atoms with E-state index < -0.39 is 11.6 Å². The van der Waals surface area contributed by atoms with Crippen LogP contribution in [0.2, 0.25) is 0 Å². The first kappa shape index (κ1) is 18.8. The molecular formula is C18H27F2N3O. The van der Waals surface area contributed by atoms with Gasteiger partial charge in [-0.15, -0.1) is 0 Å². The highest BCUT2D eigenvalue weighted by molar-refractivity contribution is 5.76. The second-order valence-corrected chi connectivity index (χ2v) is 6.83. The van der Waals surface area contributed by atoms with Crippen molar-refractivity contribution in [2.24, 2.45) is 0 Å². The number of nitrogens with one attached hydrogen (secondary N) is 1. The van der Waals surface area contributed by atoms with E-state index in [9.17, 15) is 13.6 Å². The summed E-state index contributed by atoms with van der Waals surface area (Å²) in [4.78, 5) is 15.4. The van der Waals surface area contributed by atoms with Gasteiger partial charge in [0.25, 0.3) is 0 Å². The molecule has 0 radical (unpaired) electrons. The topological polar surface area (TPSA) is 35.6 Å². The van der Waals surface area contributed by atoms with Gasteiger partial charge in [0.2, 0.25) is 5.91 Å². The third kappa shape index (κ3) is 5.24. The first-order valence-corrected chi connectivity index (χ1v) is 8.48. The lowest BCUT2D eigenvalue weighted by Gasteiger charge is -2.35. The quantitative estimate of drug-likeness (QED) is 0.864. The maximum absolute atomic E-state index is 13.8. The molecule has 0 unspecified atom stereocenters. The van der Waals surface area contributed by atoms with Crippen LogP contribution in [-0.4, -0.2) is 55.0 Å². The average molecular weight is 339 g/mol. The highest BCUT2D eigenvalue weighted by atomic mass is 19.1. The lowest BCUT2D eigenvalue weighted by Crippen LogP contribution is -2.49. The molecule has 0 aromatic heterocycles. The first-order valence-electron chi connectivity index (χ1n) is 8.48. The van der Waals surface area contributed by atoms with Gasteiger partial charge in [-0.1, -0.05) is 6.07 Å². The summed E-state index contributed by atoms with van der Waals surface area (Å²) in [5.41, 5.74) is 0.133. The van der Waals surface area contributed by atoms with Gasteiger partial charge in [0.1, 0.15) is 11.6 Å². The fourth-order valence-corrected chi connectivity index (χ4v) is 3.15. The molecule has 24 heavy (non-hydrogen) atoms.